The Kier molecular flexibility index (Phi) is 3.96. The van der Waals surface area contributed by atoms with Gasteiger partial charge in [0, 0.05) is 13.5 Å². The normalized spacial score (nSPS) is 10.7. The standard InChI is InChI=1S/C10H19N2O/c1-4-6-11-7-8-12(10(11)3)9-13-5-2/h7-8H,4-6,9H2,1-3H3/q+1. The molecule has 0 N–H and O–H groups in total. The van der Waals surface area contributed by atoms with Crippen LogP contribution in [0.4, 0.5) is 0 Å². The molecule has 1 heterocycles. The second kappa shape index (κ2) is 5.02. The van der Waals surface area contributed by atoms with Crippen LogP contribution in [0.3, 0.4) is 0 Å². The van der Waals surface area contributed by atoms with E-state index in [9.17, 15) is 0 Å². The largest absolute Gasteiger partial charge is 0.342 e. The highest BCUT2D eigenvalue weighted by Crippen LogP contribution is 1.95. The molecule has 0 saturated carbocycles. The first-order valence-corrected chi connectivity index (χ1v) is 4.92. The predicted molar refractivity (Wildman–Crippen MR) is 51.3 cm³/mol. The molecular formula is C10H19N2O+. The van der Waals surface area contributed by atoms with Crippen LogP contribution in [0.25, 0.3) is 0 Å². The lowest BCUT2D eigenvalue weighted by Gasteiger charge is -1.99. The number of ether oxygens (including phenoxy) is 1. The fourth-order valence-electron chi connectivity index (χ4n) is 1.34. The van der Waals surface area contributed by atoms with Crippen LogP contribution in [0.5, 0.6) is 0 Å². The van der Waals surface area contributed by atoms with Crippen molar-refractivity contribution in [3.05, 3.63) is 18.2 Å². The molecule has 0 amide bonds. The first-order chi connectivity index (χ1) is 6.29. The zero-order chi connectivity index (χ0) is 9.68. The van der Waals surface area contributed by atoms with E-state index in [0.717, 1.165) is 13.2 Å². The van der Waals surface area contributed by atoms with Crippen molar-refractivity contribution in [3.63, 3.8) is 0 Å². The molecule has 3 nitrogen and oxygen atoms in total. The Morgan fingerprint density at radius 1 is 1.46 bits per heavy atom. The third-order valence-corrected chi connectivity index (χ3v) is 2.16. The summed E-state index contributed by atoms with van der Waals surface area (Å²) < 4.78 is 9.71. The van der Waals surface area contributed by atoms with Crippen LogP contribution in [0, 0.1) is 6.92 Å². The maximum absolute atomic E-state index is 5.34. The average Bonchev–Trinajstić information content (AvgIpc) is 2.46. The van der Waals surface area contributed by atoms with E-state index in [-0.39, 0.29) is 0 Å². The monoisotopic (exact) mass is 183 g/mol. The summed E-state index contributed by atoms with van der Waals surface area (Å²) >= 11 is 0. The zero-order valence-electron chi connectivity index (χ0n) is 8.79. The lowest BCUT2D eigenvalue weighted by molar-refractivity contribution is -0.737. The van der Waals surface area contributed by atoms with Gasteiger partial charge in [-0.25, -0.2) is 9.13 Å². The molecule has 0 aromatic carbocycles. The maximum Gasteiger partial charge on any atom is 0.255 e. The maximum atomic E-state index is 5.34. The third kappa shape index (κ3) is 2.56. The Bertz CT molecular complexity index is 255. The number of hydrogen-bond acceptors (Lipinski definition) is 1. The fraction of sp³-hybridized carbons (Fsp3) is 0.700. The summed E-state index contributed by atoms with van der Waals surface area (Å²) in [5, 5.41) is 0. The Balaban J connectivity index is 2.62. The van der Waals surface area contributed by atoms with Crippen molar-refractivity contribution >= 4 is 0 Å². The zero-order valence-corrected chi connectivity index (χ0v) is 8.79. The number of hydrogen-bond donors (Lipinski definition) is 0. The van der Waals surface area contributed by atoms with Gasteiger partial charge in [-0.05, 0) is 13.3 Å². The number of rotatable bonds is 5. The molecule has 74 valence electrons. The Morgan fingerprint density at radius 2 is 2.23 bits per heavy atom. The van der Waals surface area contributed by atoms with Crippen molar-refractivity contribution in [3.8, 4) is 0 Å². The number of aryl methyl sites for hydroxylation is 1. The predicted octanol–water partition coefficient (Wildman–Crippen LogP) is 1.49. The van der Waals surface area contributed by atoms with Gasteiger partial charge in [-0.2, -0.15) is 0 Å². The molecule has 0 spiro atoms. The van der Waals surface area contributed by atoms with Gasteiger partial charge >= 0.3 is 0 Å². The molecule has 0 fully saturated rings. The van der Waals surface area contributed by atoms with Crippen molar-refractivity contribution in [2.45, 2.75) is 40.5 Å². The smallest absolute Gasteiger partial charge is 0.255 e. The summed E-state index contributed by atoms with van der Waals surface area (Å²) in [5.74, 6) is 1.26. The SMILES string of the molecule is CCCn1cc[n+](COCC)c1C. The third-order valence-electron chi connectivity index (χ3n) is 2.16. The first kappa shape index (κ1) is 10.3. The van der Waals surface area contributed by atoms with Gasteiger partial charge in [-0.3, -0.25) is 0 Å². The fourth-order valence-corrected chi connectivity index (χ4v) is 1.34. The summed E-state index contributed by atoms with van der Waals surface area (Å²) in [5.41, 5.74) is 0. The molecule has 1 rings (SSSR count). The molecule has 0 atom stereocenters. The molecule has 0 unspecified atom stereocenters. The van der Waals surface area contributed by atoms with E-state index in [4.69, 9.17) is 4.74 Å². The molecular weight excluding hydrogens is 164 g/mol. The molecule has 1 aromatic rings. The summed E-state index contributed by atoms with van der Waals surface area (Å²) in [6.45, 7) is 8.84. The number of aromatic nitrogens is 2. The van der Waals surface area contributed by atoms with E-state index in [2.05, 4.69) is 35.4 Å². The van der Waals surface area contributed by atoms with Gasteiger partial charge in [0.2, 0.25) is 0 Å². The Morgan fingerprint density at radius 3 is 2.85 bits per heavy atom. The van der Waals surface area contributed by atoms with E-state index in [1.807, 2.05) is 6.92 Å². The lowest BCUT2D eigenvalue weighted by atomic mass is 10.5. The molecule has 1 aromatic heterocycles. The van der Waals surface area contributed by atoms with Crippen molar-refractivity contribution in [1.82, 2.24) is 4.57 Å². The number of imidazole rings is 1. The lowest BCUT2D eigenvalue weighted by Crippen LogP contribution is -2.36. The topological polar surface area (TPSA) is 18.0 Å². The summed E-state index contributed by atoms with van der Waals surface area (Å²) in [7, 11) is 0. The van der Waals surface area contributed by atoms with Gasteiger partial charge < -0.3 is 4.74 Å². The van der Waals surface area contributed by atoms with Gasteiger partial charge in [-0.1, -0.05) is 6.92 Å². The highest BCUT2D eigenvalue weighted by atomic mass is 16.5. The van der Waals surface area contributed by atoms with Gasteiger partial charge in [0.05, 0.1) is 6.54 Å². The van der Waals surface area contributed by atoms with E-state index in [0.29, 0.717) is 6.73 Å². The van der Waals surface area contributed by atoms with Gasteiger partial charge in [0.1, 0.15) is 12.4 Å². The second-order valence-corrected chi connectivity index (χ2v) is 3.13. The first-order valence-electron chi connectivity index (χ1n) is 4.92. The van der Waals surface area contributed by atoms with Crippen LogP contribution in [-0.2, 0) is 18.0 Å². The van der Waals surface area contributed by atoms with Crippen LogP contribution in [-0.4, -0.2) is 11.2 Å². The van der Waals surface area contributed by atoms with Crippen molar-refractivity contribution < 1.29 is 9.30 Å². The van der Waals surface area contributed by atoms with Crippen LogP contribution >= 0.6 is 0 Å². The van der Waals surface area contributed by atoms with Crippen molar-refractivity contribution in [1.29, 1.82) is 0 Å². The summed E-state index contributed by atoms with van der Waals surface area (Å²) in [6.07, 6.45) is 5.35. The Hall–Kier alpha value is -0.830. The Labute approximate surface area is 79.9 Å². The molecule has 0 aliphatic heterocycles. The molecule has 0 saturated heterocycles. The van der Waals surface area contributed by atoms with E-state index in [1.54, 1.807) is 0 Å². The minimum absolute atomic E-state index is 0.666. The van der Waals surface area contributed by atoms with Crippen molar-refractivity contribution in [2.24, 2.45) is 0 Å². The van der Waals surface area contributed by atoms with Gasteiger partial charge in [0.25, 0.3) is 5.82 Å². The number of nitrogens with zero attached hydrogens (tertiary/aromatic N) is 2. The summed E-state index contributed by atoms with van der Waals surface area (Å²) in [6, 6.07) is 0. The molecule has 0 radical (unpaired) electrons. The average molecular weight is 183 g/mol. The van der Waals surface area contributed by atoms with Crippen LogP contribution in [0.15, 0.2) is 12.4 Å². The second-order valence-electron chi connectivity index (χ2n) is 3.13. The van der Waals surface area contributed by atoms with E-state index < -0.39 is 0 Å². The van der Waals surface area contributed by atoms with Gasteiger partial charge in [0.15, 0.2) is 6.73 Å². The highest BCUT2D eigenvalue weighted by Gasteiger charge is 2.09. The van der Waals surface area contributed by atoms with E-state index >= 15 is 0 Å². The van der Waals surface area contributed by atoms with Crippen LogP contribution in [0.2, 0.25) is 0 Å². The van der Waals surface area contributed by atoms with Crippen LogP contribution in [0.1, 0.15) is 26.1 Å². The molecule has 0 bridgehead atoms. The van der Waals surface area contributed by atoms with Crippen LogP contribution < -0.4 is 4.57 Å². The van der Waals surface area contributed by atoms with Gasteiger partial charge in [-0.15, -0.1) is 0 Å². The quantitative estimate of drug-likeness (QED) is 0.632. The minimum Gasteiger partial charge on any atom is -0.342 e. The molecule has 3 heteroatoms. The van der Waals surface area contributed by atoms with E-state index in [1.165, 1.54) is 12.2 Å². The molecule has 0 aliphatic carbocycles. The highest BCUT2D eigenvalue weighted by molar-refractivity contribution is 4.78. The molecule has 13 heavy (non-hydrogen) atoms. The van der Waals surface area contributed by atoms with Crippen molar-refractivity contribution in [2.75, 3.05) is 6.61 Å². The summed E-state index contributed by atoms with van der Waals surface area (Å²) in [4.78, 5) is 0. The minimum atomic E-state index is 0.666. The molecule has 0 aliphatic rings.